The van der Waals surface area contributed by atoms with Crippen LogP contribution in [0.25, 0.3) is 0 Å². The van der Waals surface area contributed by atoms with E-state index in [2.05, 4.69) is 37.9 Å². The molecule has 180 valence electrons. The van der Waals surface area contributed by atoms with E-state index in [1.165, 1.54) is 10.7 Å². The molecule has 2 heterocycles. The molecular formula is C25H41N3O3S. The van der Waals surface area contributed by atoms with Gasteiger partial charge in [-0.2, -0.15) is 4.31 Å². The number of sulfonamides is 1. The minimum Gasteiger partial charge on any atom is -0.356 e. The van der Waals surface area contributed by atoms with Gasteiger partial charge >= 0.3 is 0 Å². The maximum atomic E-state index is 13.0. The van der Waals surface area contributed by atoms with Gasteiger partial charge in [-0.3, -0.25) is 4.79 Å². The molecule has 0 aliphatic carbocycles. The van der Waals surface area contributed by atoms with Crippen molar-refractivity contribution in [3.8, 4) is 0 Å². The number of rotatable bonds is 8. The molecular weight excluding hydrogens is 422 g/mol. The summed E-state index contributed by atoms with van der Waals surface area (Å²) in [5.74, 6) is 1.85. The predicted octanol–water partition coefficient (Wildman–Crippen LogP) is 3.69. The molecule has 0 bridgehead atoms. The Morgan fingerprint density at radius 1 is 1.06 bits per heavy atom. The predicted molar refractivity (Wildman–Crippen MR) is 129 cm³/mol. The fourth-order valence-corrected chi connectivity index (χ4v) is 6.64. The number of benzene rings is 1. The summed E-state index contributed by atoms with van der Waals surface area (Å²) in [6, 6.07) is 7.19. The second-order valence-corrected chi connectivity index (χ2v) is 12.2. The van der Waals surface area contributed by atoms with Crippen LogP contribution in [0, 0.1) is 17.8 Å². The quantitative estimate of drug-likeness (QED) is 0.597. The third-order valence-corrected chi connectivity index (χ3v) is 8.82. The van der Waals surface area contributed by atoms with Gasteiger partial charge < -0.3 is 10.2 Å². The van der Waals surface area contributed by atoms with Crippen molar-refractivity contribution in [2.75, 3.05) is 39.3 Å². The van der Waals surface area contributed by atoms with E-state index in [-0.39, 0.29) is 11.8 Å². The van der Waals surface area contributed by atoms with Gasteiger partial charge in [0, 0.05) is 38.6 Å². The van der Waals surface area contributed by atoms with Crippen molar-refractivity contribution in [1.82, 2.24) is 14.5 Å². The Labute approximate surface area is 194 Å². The van der Waals surface area contributed by atoms with Gasteiger partial charge in [0.15, 0.2) is 0 Å². The molecule has 2 fully saturated rings. The topological polar surface area (TPSA) is 69.7 Å². The fourth-order valence-electron chi connectivity index (χ4n) is 5.17. The third kappa shape index (κ3) is 6.55. The molecule has 1 aromatic carbocycles. The van der Waals surface area contributed by atoms with Crippen LogP contribution in [0.1, 0.15) is 64.9 Å². The van der Waals surface area contributed by atoms with Gasteiger partial charge in [0.25, 0.3) is 0 Å². The van der Waals surface area contributed by atoms with E-state index >= 15 is 0 Å². The second-order valence-electron chi connectivity index (χ2n) is 10.3. The van der Waals surface area contributed by atoms with Crippen LogP contribution < -0.4 is 5.32 Å². The summed E-state index contributed by atoms with van der Waals surface area (Å²) in [5.41, 5.74) is 1.13. The first kappa shape index (κ1) is 25.2. The average Bonchev–Trinajstić information content (AvgIpc) is 2.76. The Hall–Kier alpha value is -1.44. The number of nitrogens with zero attached hydrogens (tertiary/aromatic N) is 2. The number of carbonyl (C=O) groups excluding carboxylic acids is 1. The highest BCUT2D eigenvalue weighted by molar-refractivity contribution is 7.89. The molecule has 1 amide bonds. The van der Waals surface area contributed by atoms with Gasteiger partial charge in [-0.15, -0.1) is 0 Å². The average molecular weight is 464 g/mol. The smallest absolute Gasteiger partial charge is 0.243 e. The lowest BCUT2D eigenvalue weighted by atomic mass is 9.92. The molecule has 6 nitrogen and oxygen atoms in total. The highest BCUT2D eigenvalue weighted by atomic mass is 32.2. The van der Waals surface area contributed by atoms with Crippen LogP contribution in [0.15, 0.2) is 29.2 Å². The zero-order chi connectivity index (χ0) is 23.3. The van der Waals surface area contributed by atoms with Crippen LogP contribution in [0.3, 0.4) is 0 Å². The van der Waals surface area contributed by atoms with Crippen LogP contribution in [0.5, 0.6) is 0 Å². The van der Waals surface area contributed by atoms with Crippen molar-refractivity contribution in [3.05, 3.63) is 29.8 Å². The first-order valence-corrected chi connectivity index (χ1v) is 13.7. The zero-order valence-corrected chi connectivity index (χ0v) is 21.0. The number of likely N-dealkylation sites (tertiary alicyclic amines) is 1. The van der Waals surface area contributed by atoms with Crippen LogP contribution in [0.2, 0.25) is 0 Å². The summed E-state index contributed by atoms with van der Waals surface area (Å²) in [4.78, 5) is 15.4. The molecule has 32 heavy (non-hydrogen) atoms. The van der Waals surface area contributed by atoms with Crippen molar-refractivity contribution < 1.29 is 13.2 Å². The number of nitrogens with one attached hydrogen (secondary N) is 1. The minimum absolute atomic E-state index is 0.0729. The first-order chi connectivity index (χ1) is 15.2. The lowest BCUT2D eigenvalue weighted by Gasteiger charge is -2.35. The van der Waals surface area contributed by atoms with Crippen molar-refractivity contribution >= 4 is 15.9 Å². The molecule has 1 aromatic rings. The van der Waals surface area contributed by atoms with Crippen molar-refractivity contribution in [3.63, 3.8) is 0 Å². The van der Waals surface area contributed by atoms with Crippen LogP contribution in [-0.4, -0.2) is 62.8 Å². The SMILES string of the molecule is CC1CC(C)CN(CCCNC(=O)C2CCN(S(=O)(=O)c3ccc(C(C)C)cc3)CC2)C1. The van der Waals surface area contributed by atoms with E-state index in [1.54, 1.807) is 12.1 Å². The largest absolute Gasteiger partial charge is 0.356 e. The maximum absolute atomic E-state index is 13.0. The standard InChI is InChI=1S/C25H41N3O3S/c1-19(2)22-6-8-24(9-7-22)32(30,31)28-14-10-23(11-15-28)25(29)26-12-5-13-27-17-20(3)16-21(4)18-27/h6-9,19-21,23H,5,10-18H2,1-4H3,(H,26,29). The van der Waals surface area contributed by atoms with Gasteiger partial charge in [0.05, 0.1) is 4.90 Å². The lowest BCUT2D eigenvalue weighted by molar-refractivity contribution is -0.126. The van der Waals surface area contributed by atoms with Gasteiger partial charge in [-0.1, -0.05) is 39.8 Å². The van der Waals surface area contributed by atoms with E-state index in [4.69, 9.17) is 0 Å². The van der Waals surface area contributed by atoms with E-state index in [1.807, 2.05) is 12.1 Å². The van der Waals surface area contributed by atoms with E-state index in [0.29, 0.717) is 43.3 Å². The molecule has 0 spiro atoms. The monoisotopic (exact) mass is 463 g/mol. The molecule has 2 unspecified atom stereocenters. The third-order valence-electron chi connectivity index (χ3n) is 6.90. The number of amides is 1. The van der Waals surface area contributed by atoms with Crippen molar-refractivity contribution in [1.29, 1.82) is 0 Å². The molecule has 2 aliphatic rings. The normalized spacial score (nSPS) is 24.0. The Morgan fingerprint density at radius 3 is 2.22 bits per heavy atom. The second kappa shape index (κ2) is 11.1. The molecule has 2 saturated heterocycles. The van der Waals surface area contributed by atoms with Gasteiger partial charge in [0.2, 0.25) is 15.9 Å². The van der Waals surface area contributed by atoms with Gasteiger partial charge in [-0.25, -0.2) is 8.42 Å². The lowest BCUT2D eigenvalue weighted by Crippen LogP contribution is -2.43. The van der Waals surface area contributed by atoms with E-state index in [9.17, 15) is 13.2 Å². The van der Waals surface area contributed by atoms with E-state index in [0.717, 1.165) is 43.5 Å². The Kier molecular flexibility index (Phi) is 8.75. The summed E-state index contributed by atoms with van der Waals surface area (Å²) in [6.07, 6.45) is 3.43. The van der Waals surface area contributed by atoms with Crippen LogP contribution >= 0.6 is 0 Å². The zero-order valence-electron chi connectivity index (χ0n) is 20.2. The summed E-state index contributed by atoms with van der Waals surface area (Å²) < 4.78 is 27.5. The molecule has 0 radical (unpaired) electrons. The Balaban J connectivity index is 1.41. The van der Waals surface area contributed by atoms with Crippen molar-refractivity contribution in [2.24, 2.45) is 17.8 Å². The number of hydrogen-bond acceptors (Lipinski definition) is 4. The number of carbonyl (C=O) groups is 1. The summed E-state index contributed by atoms with van der Waals surface area (Å²) in [6.45, 7) is 13.7. The first-order valence-electron chi connectivity index (χ1n) is 12.3. The molecule has 0 saturated carbocycles. The highest BCUT2D eigenvalue weighted by Crippen LogP contribution is 2.25. The summed E-state index contributed by atoms with van der Waals surface area (Å²) >= 11 is 0. The van der Waals surface area contributed by atoms with Crippen LogP contribution in [-0.2, 0) is 14.8 Å². The number of hydrogen-bond donors (Lipinski definition) is 1. The molecule has 3 rings (SSSR count). The summed E-state index contributed by atoms with van der Waals surface area (Å²) in [5, 5.41) is 3.08. The Bertz CT molecular complexity index is 836. The fraction of sp³-hybridized carbons (Fsp3) is 0.720. The van der Waals surface area contributed by atoms with Gasteiger partial charge in [0.1, 0.15) is 0 Å². The molecule has 7 heteroatoms. The summed E-state index contributed by atoms with van der Waals surface area (Å²) in [7, 11) is -3.50. The van der Waals surface area contributed by atoms with Crippen molar-refractivity contribution in [2.45, 2.75) is 64.2 Å². The van der Waals surface area contributed by atoms with Gasteiger partial charge in [-0.05, 0) is 67.7 Å². The van der Waals surface area contributed by atoms with E-state index < -0.39 is 10.0 Å². The molecule has 0 aromatic heterocycles. The molecule has 1 N–H and O–H groups in total. The highest BCUT2D eigenvalue weighted by Gasteiger charge is 2.32. The Morgan fingerprint density at radius 2 is 1.66 bits per heavy atom. The maximum Gasteiger partial charge on any atom is 0.243 e. The number of piperidine rings is 2. The van der Waals surface area contributed by atoms with Crippen LogP contribution in [0.4, 0.5) is 0 Å². The molecule has 2 atom stereocenters. The molecule has 2 aliphatic heterocycles. The minimum atomic E-state index is -3.50.